The predicted molar refractivity (Wildman–Crippen MR) is 41.8 cm³/mol. The third-order valence-corrected chi connectivity index (χ3v) is 1.74. The summed E-state index contributed by atoms with van der Waals surface area (Å²) in [5, 5.41) is 44.6. The van der Waals surface area contributed by atoms with Crippen molar-refractivity contribution in [3.63, 3.8) is 0 Å². The molecular weight excluding hydrogens is 180 g/mol. The monoisotopic (exact) mass is 194 g/mol. The minimum absolute atomic E-state index is 0.0466. The molecule has 0 saturated carbocycles. The molecule has 0 spiro atoms. The molecule has 5 N–H and O–H groups in total. The van der Waals surface area contributed by atoms with Crippen LogP contribution in [0, 0.1) is 0 Å². The number of hydrogen-bond acceptors (Lipinski definition) is 6. The van der Waals surface area contributed by atoms with Gasteiger partial charge in [0.05, 0.1) is 6.61 Å². The lowest BCUT2D eigenvalue weighted by Gasteiger charge is -2.29. The highest BCUT2D eigenvalue weighted by atomic mass is 16.4. The van der Waals surface area contributed by atoms with Gasteiger partial charge in [0.15, 0.2) is 6.29 Å². The van der Waals surface area contributed by atoms with Gasteiger partial charge in [-0.05, 0) is 6.92 Å². The molecule has 0 aromatic rings. The van der Waals surface area contributed by atoms with Crippen LogP contribution >= 0.6 is 0 Å². The van der Waals surface area contributed by atoms with E-state index in [9.17, 15) is 4.79 Å². The van der Waals surface area contributed by atoms with Gasteiger partial charge < -0.3 is 30.3 Å². The van der Waals surface area contributed by atoms with Crippen molar-refractivity contribution in [2.45, 2.75) is 30.8 Å². The number of carbonyl (C=O) groups excluding carboxylic acids is 1. The first-order chi connectivity index (χ1) is 5.86. The molecule has 78 valence electrons. The van der Waals surface area contributed by atoms with Crippen molar-refractivity contribution in [3.8, 4) is 0 Å². The Morgan fingerprint density at radius 3 is 2.15 bits per heavy atom. The standard InChI is InChI=1S/C7H14O6/c1-7(13,3-9)6(12)5(11)4(10)2-8/h3-6,8,10-13H,2H2,1H3/t4-,5-,6-,7+/m1/s1. The van der Waals surface area contributed by atoms with E-state index in [1.165, 1.54) is 0 Å². The number of carbonyl (C=O) groups is 1. The van der Waals surface area contributed by atoms with Gasteiger partial charge in [-0.15, -0.1) is 0 Å². The Balaban J connectivity index is 4.40. The Labute approximate surface area is 75.1 Å². The summed E-state index contributed by atoms with van der Waals surface area (Å²) in [6, 6.07) is 0. The second-order valence-corrected chi connectivity index (χ2v) is 3.03. The summed E-state index contributed by atoms with van der Waals surface area (Å²) in [7, 11) is 0. The molecular formula is C7H14O6. The third-order valence-electron chi connectivity index (χ3n) is 1.74. The fourth-order valence-corrected chi connectivity index (χ4v) is 0.734. The molecule has 0 aliphatic heterocycles. The largest absolute Gasteiger partial charge is 0.394 e. The first-order valence-electron chi connectivity index (χ1n) is 3.70. The Morgan fingerprint density at radius 2 is 1.85 bits per heavy atom. The summed E-state index contributed by atoms with van der Waals surface area (Å²) in [5.74, 6) is 0. The van der Waals surface area contributed by atoms with Crippen LogP contribution in [0.3, 0.4) is 0 Å². The highest BCUT2D eigenvalue weighted by Crippen LogP contribution is 2.12. The molecule has 6 heteroatoms. The van der Waals surface area contributed by atoms with Crippen LogP contribution in [0.25, 0.3) is 0 Å². The fraction of sp³-hybridized carbons (Fsp3) is 0.857. The van der Waals surface area contributed by atoms with E-state index in [2.05, 4.69) is 0 Å². The Hall–Kier alpha value is -0.530. The van der Waals surface area contributed by atoms with Crippen LogP contribution in [-0.2, 0) is 4.79 Å². The molecule has 0 amide bonds. The SMILES string of the molecule is C[C@](O)(C=O)[C@H](O)[C@H](O)[C@H](O)CO. The number of rotatable bonds is 5. The zero-order valence-corrected chi connectivity index (χ0v) is 7.16. The molecule has 6 nitrogen and oxygen atoms in total. The molecule has 0 saturated heterocycles. The smallest absolute Gasteiger partial charge is 0.154 e. The van der Waals surface area contributed by atoms with Crippen molar-refractivity contribution in [1.82, 2.24) is 0 Å². The Morgan fingerprint density at radius 1 is 1.38 bits per heavy atom. The van der Waals surface area contributed by atoms with Gasteiger partial charge in [0.25, 0.3) is 0 Å². The average Bonchev–Trinajstić information content (AvgIpc) is 2.14. The molecule has 0 heterocycles. The summed E-state index contributed by atoms with van der Waals surface area (Å²) in [4.78, 5) is 10.2. The quantitative estimate of drug-likeness (QED) is 0.298. The Bertz CT molecular complexity index is 168. The van der Waals surface area contributed by atoms with E-state index in [0.717, 1.165) is 6.92 Å². The van der Waals surface area contributed by atoms with E-state index in [1.54, 1.807) is 0 Å². The van der Waals surface area contributed by atoms with E-state index >= 15 is 0 Å². The molecule has 0 radical (unpaired) electrons. The van der Waals surface area contributed by atoms with Gasteiger partial charge in [-0.1, -0.05) is 0 Å². The average molecular weight is 194 g/mol. The lowest BCUT2D eigenvalue weighted by molar-refractivity contribution is -0.159. The van der Waals surface area contributed by atoms with Crippen molar-refractivity contribution in [1.29, 1.82) is 0 Å². The lowest BCUT2D eigenvalue weighted by atomic mass is 9.93. The molecule has 13 heavy (non-hydrogen) atoms. The van der Waals surface area contributed by atoms with Crippen LogP contribution in [-0.4, -0.2) is 62.3 Å². The Kier molecular flexibility index (Phi) is 4.45. The molecule has 0 rings (SSSR count). The van der Waals surface area contributed by atoms with Crippen LogP contribution < -0.4 is 0 Å². The number of hydrogen-bond donors (Lipinski definition) is 5. The van der Waals surface area contributed by atoms with Crippen molar-refractivity contribution < 1.29 is 30.3 Å². The number of aliphatic hydroxyl groups is 5. The van der Waals surface area contributed by atoms with E-state index < -0.39 is 30.5 Å². The summed E-state index contributed by atoms with van der Waals surface area (Å²) in [6.45, 7) is 0.213. The van der Waals surface area contributed by atoms with Crippen molar-refractivity contribution >= 4 is 6.29 Å². The number of aliphatic hydroxyl groups excluding tert-OH is 4. The summed E-state index contributed by atoms with van der Waals surface area (Å²) in [5.41, 5.74) is -2.14. The van der Waals surface area contributed by atoms with Crippen molar-refractivity contribution in [2.75, 3.05) is 6.61 Å². The van der Waals surface area contributed by atoms with Crippen LogP contribution in [0.5, 0.6) is 0 Å². The van der Waals surface area contributed by atoms with E-state index in [-0.39, 0.29) is 6.29 Å². The van der Waals surface area contributed by atoms with Crippen LogP contribution in [0.1, 0.15) is 6.92 Å². The van der Waals surface area contributed by atoms with Crippen molar-refractivity contribution in [3.05, 3.63) is 0 Å². The van der Waals surface area contributed by atoms with Crippen molar-refractivity contribution in [2.24, 2.45) is 0 Å². The lowest BCUT2D eigenvalue weighted by Crippen LogP contribution is -2.53. The molecule has 0 fully saturated rings. The zero-order chi connectivity index (χ0) is 10.6. The maximum Gasteiger partial charge on any atom is 0.154 e. The van der Waals surface area contributed by atoms with Gasteiger partial charge in [-0.3, -0.25) is 0 Å². The van der Waals surface area contributed by atoms with Crippen LogP contribution in [0.2, 0.25) is 0 Å². The van der Waals surface area contributed by atoms with E-state index in [0.29, 0.717) is 0 Å². The predicted octanol–water partition coefficient (Wildman–Crippen LogP) is -2.99. The maximum absolute atomic E-state index is 10.2. The molecule has 0 unspecified atom stereocenters. The van der Waals surface area contributed by atoms with E-state index in [1.807, 2.05) is 0 Å². The highest BCUT2D eigenvalue weighted by Gasteiger charge is 2.38. The summed E-state index contributed by atoms with van der Waals surface area (Å²) in [6.07, 6.45) is -5.16. The first kappa shape index (κ1) is 12.5. The van der Waals surface area contributed by atoms with Gasteiger partial charge in [-0.2, -0.15) is 0 Å². The fourth-order valence-electron chi connectivity index (χ4n) is 0.734. The summed E-state index contributed by atoms with van der Waals surface area (Å²) >= 11 is 0. The van der Waals surface area contributed by atoms with Gasteiger partial charge in [0, 0.05) is 0 Å². The minimum Gasteiger partial charge on any atom is -0.394 e. The minimum atomic E-state index is -2.14. The second-order valence-electron chi connectivity index (χ2n) is 3.03. The topological polar surface area (TPSA) is 118 Å². The second kappa shape index (κ2) is 4.64. The maximum atomic E-state index is 10.2. The van der Waals surface area contributed by atoms with Crippen LogP contribution in [0.15, 0.2) is 0 Å². The molecule has 4 atom stereocenters. The van der Waals surface area contributed by atoms with Crippen LogP contribution in [0.4, 0.5) is 0 Å². The molecule has 0 aliphatic carbocycles. The highest BCUT2D eigenvalue weighted by molar-refractivity contribution is 5.62. The molecule has 0 bridgehead atoms. The molecule has 0 aromatic heterocycles. The van der Waals surface area contributed by atoms with Gasteiger partial charge in [-0.25, -0.2) is 0 Å². The number of aldehydes is 1. The normalized spacial score (nSPS) is 22.9. The third kappa shape index (κ3) is 3.02. The summed E-state index contributed by atoms with van der Waals surface area (Å²) < 4.78 is 0. The zero-order valence-electron chi connectivity index (χ0n) is 7.16. The molecule has 0 aromatic carbocycles. The molecule has 0 aliphatic rings. The van der Waals surface area contributed by atoms with Gasteiger partial charge >= 0.3 is 0 Å². The first-order valence-corrected chi connectivity index (χ1v) is 3.70. The van der Waals surface area contributed by atoms with Gasteiger partial charge in [0.2, 0.25) is 0 Å². The van der Waals surface area contributed by atoms with Gasteiger partial charge in [0.1, 0.15) is 23.9 Å². The van der Waals surface area contributed by atoms with E-state index in [4.69, 9.17) is 25.5 Å².